The molecule has 1 aromatic carbocycles. The van der Waals surface area contributed by atoms with Crippen LogP contribution in [-0.4, -0.2) is 19.8 Å². The quantitative estimate of drug-likeness (QED) is 0.699. The molecule has 0 heterocycles. The van der Waals surface area contributed by atoms with Crippen LogP contribution >= 0.6 is 11.6 Å². The van der Waals surface area contributed by atoms with E-state index < -0.39 is 0 Å². The normalized spacial score (nSPS) is 10.1. The van der Waals surface area contributed by atoms with Crippen molar-refractivity contribution in [2.45, 2.75) is 26.7 Å². The summed E-state index contributed by atoms with van der Waals surface area (Å²) in [6.07, 6.45) is 0. The molecule has 96 valence electrons. The zero-order valence-corrected chi connectivity index (χ0v) is 11.3. The molecular weight excluding hydrogens is 240 g/mol. The first kappa shape index (κ1) is 14.0. The van der Waals surface area contributed by atoms with E-state index in [9.17, 15) is 0 Å². The first-order chi connectivity index (χ1) is 8.26. The van der Waals surface area contributed by atoms with Gasteiger partial charge in [0, 0.05) is 11.6 Å². The summed E-state index contributed by atoms with van der Waals surface area (Å²) in [5.74, 6) is 2.57. The van der Waals surface area contributed by atoms with Gasteiger partial charge in [-0.15, -0.1) is 11.6 Å². The van der Waals surface area contributed by atoms with Gasteiger partial charge in [-0.2, -0.15) is 0 Å². The van der Waals surface area contributed by atoms with Crippen LogP contribution in [0.4, 0.5) is 0 Å². The molecule has 0 atom stereocenters. The van der Waals surface area contributed by atoms with E-state index in [0.717, 1.165) is 11.3 Å². The molecule has 0 bridgehead atoms. The van der Waals surface area contributed by atoms with Gasteiger partial charge in [-0.25, -0.2) is 0 Å². The zero-order valence-electron chi connectivity index (χ0n) is 10.6. The van der Waals surface area contributed by atoms with Crippen LogP contribution in [0.1, 0.15) is 26.3 Å². The van der Waals surface area contributed by atoms with E-state index in [-0.39, 0.29) is 0 Å². The Morgan fingerprint density at radius 3 is 1.76 bits per heavy atom. The number of ether oxygens (including phenoxy) is 3. The Hall–Kier alpha value is -1.09. The SMILES string of the molecule is CCOc1cc(OCC)c(OCC)cc1CCl. The fourth-order valence-electron chi connectivity index (χ4n) is 1.51. The zero-order chi connectivity index (χ0) is 12.7. The van der Waals surface area contributed by atoms with Crippen LogP contribution in [-0.2, 0) is 5.88 Å². The highest BCUT2D eigenvalue weighted by Crippen LogP contribution is 2.36. The van der Waals surface area contributed by atoms with Gasteiger partial charge in [0.15, 0.2) is 11.5 Å². The maximum absolute atomic E-state index is 5.89. The van der Waals surface area contributed by atoms with E-state index in [2.05, 4.69) is 0 Å². The Morgan fingerprint density at radius 2 is 1.29 bits per heavy atom. The number of hydrogen-bond donors (Lipinski definition) is 0. The summed E-state index contributed by atoms with van der Waals surface area (Å²) in [5.41, 5.74) is 0.917. The topological polar surface area (TPSA) is 27.7 Å². The fraction of sp³-hybridized carbons (Fsp3) is 0.538. The minimum atomic E-state index is 0.391. The van der Waals surface area contributed by atoms with Gasteiger partial charge in [0.05, 0.1) is 25.7 Å². The van der Waals surface area contributed by atoms with Crippen molar-refractivity contribution >= 4 is 11.6 Å². The molecule has 1 rings (SSSR count). The number of rotatable bonds is 7. The molecule has 0 amide bonds. The molecule has 4 heteroatoms. The molecule has 0 radical (unpaired) electrons. The maximum atomic E-state index is 5.89. The first-order valence-corrected chi connectivity index (χ1v) is 6.41. The Labute approximate surface area is 108 Å². The standard InChI is InChI=1S/C13H19ClO3/c1-4-15-11-8-13(17-6-3)12(16-5-2)7-10(11)9-14/h7-8H,4-6,9H2,1-3H3. The lowest BCUT2D eigenvalue weighted by atomic mass is 10.2. The van der Waals surface area contributed by atoms with Gasteiger partial charge in [0.2, 0.25) is 0 Å². The highest BCUT2D eigenvalue weighted by Gasteiger charge is 2.12. The average Bonchev–Trinajstić information content (AvgIpc) is 2.33. The summed E-state index contributed by atoms with van der Waals surface area (Å²) in [6.45, 7) is 7.60. The predicted octanol–water partition coefficient (Wildman–Crippen LogP) is 3.62. The highest BCUT2D eigenvalue weighted by atomic mass is 35.5. The van der Waals surface area contributed by atoms with Crippen LogP contribution in [0.25, 0.3) is 0 Å². The van der Waals surface area contributed by atoms with Crippen LogP contribution in [0.5, 0.6) is 17.2 Å². The van der Waals surface area contributed by atoms with Crippen LogP contribution in [0.3, 0.4) is 0 Å². The van der Waals surface area contributed by atoms with Crippen molar-refractivity contribution in [3.8, 4) is 17.2 Å². The van der Waals surface area contributed by atoms with Crippen molar-refractivity contribution < 1.29 is 14.2 Å². The van der Waals surface area contributed by atoms with E-state index in [0.29, 0.717) is 37.2 Å². The lowest BCUT2D eigenvalue weighted by Gasteiger charge is -2.15. The summed E-state index contributed by atoms with van der Waals surface area (Å²) in [5, 5.41) is 0. The molecule has 0 unspecified atom stereocenters. The Balaban J connectivity index is 3.11. The summed E-state index contributed by atoms with van der Waals surface area (Å²) in [6, 6.07) is 3.72. The molecule has 3 nitrogen and oxygen atoms in total. The monoisotopic (exact) mass is 258 g/mol. The molecule has 1 aromatic rings. The van der Waals surface area contributed by atoms with Crippen molar-refractivity contribution in [3.63, 3.8) is 0 Å². The minimum absolute atomic E-state index is 0.391. The summed E-state index contributed by atoms with van der Waals surface area (Å²) >= 11 is 5.89. The predicted molar refractivity (Wildman–Crippen MR) is 69.5 cm³/mol. The van der Waals surface area contributed by atoms with E-state index >= 15 is 0 Å². The number of benzene rings is 1. The second kappa shape index (κ2) is 7.28. The molecule has 0 aliphatic rings. The van der Waals surface area contributed by atoms with E-state index in [1.54, 1.807) is 0 Å². The van der Waals surface area contributed by atoms with E-state index in [1.165, 1.54) is 0 Å². The van der Waals surface area contributed by atoms with Crippen LogP contribution < -0.4 is 14.2 Å². The third-order valence-corrected chi connectivity index (χ3v) is 2.46. The molecule has 0 saturated carbocycles. The Kier molecular flexibility index (Phi) is 5.98. The molecule has 0 aliphatic heterocycles. The minimum Gasteiger partial charge on any atom is -0.493 e. The molecule has 0 fully saturated rings. The van der Waals surface area contributed by atoms with Gasteiger partial charge in [-0.1, -0.05) is 0 Å². The van der Waals surface area contributed by atoms with Crippen LogP contribution in [0.2, 0.25) is 0 Å². The largest absolute Gasteiger partial charge is 0.493 e. The lowest BCUT2D eigenvalue weighted by molar-refractivity contribution is 0.282. The average molecular weight is 259 g/mol. The Morgan fingerprint density at radius 1 is 0.824 bits per heavy atom. The summed E-state index contributed by atoms with van der Waals surface area (Å²) in [4.78, 5) is 0. The smallest absolute Gasteiger partial charge is 0.164 e. The molecule has 0 spiro atoms. The highest BCUT2D eigenvalue weighted by molar-refractivity contribution is 6.17. The van der Waals surface area contributed by atoms with Crippen molar-refractivity contribution in [1.29, 1.82) is 0 Å². The first-order valence-electron chi connectivity index (χ1n) is 5.88. The molecular formula is C13H19ClO3. The van der Waals surface area contributed by atoms with E-state index in [4.69, 9.17) is 25.8 Å². The fourth-order valence-corrected chi connectivity index (χ4v) is 1.72. The van der Waals surface area contributed by atoms with Gasteiger partial charge in [-0.3, -0.25) is 0 Å². The van der Waals surface area contributed by atoms with Gasteiger partial charge >= 0.3 is 0 Å². The molecule has 0 N–H and O–H groups in total. The van der Waals surface area contributed by atoms with Crippen LogP contribution in [0.15, 0.2) is 12.1 Å². The Bertz CT molecular complexity index is 353. The molecule has 0 aliphatic carbocycles. The third kappa shape index (κ3) is 3.70. The molecule has 17 heavy (non-hydrogen) atoms. The van der Waals surface area contributed by atoms with Gasteiger partial charge in [0.25, 0.3) is 0 Å². The van der Waals surface area contributed by atoms with Crippen molar-refractivity contribution in [2.24, 2.45) is 0 Å². The second-order valence-electron chi connectivity index (χ2n) is 3.34. The third-order valence-electron chi connectivity index (χ3n) is 2.17. The van der Waals surface area contributed by atoms with Gasteiger partial charge in [0.1, 0.15) is 5.75 Å². The van der Waals surface area contributed by atoms with Gasteiger partial charge in [-0.05, 0) is 26.8 Å². The van der Waals surface area contributed by atoms with Crippen molar-refractivity contribution in [1.82, 2.24) is 0 Å². The van der Waals surface area contributed by atoms with Crippen LogP contribution in [0, 0.1) is 0 Å². The number of alkyl halides is 1. The number of hydrogen-bond acceptors (Lipinski definition) is 3. The van der Waals surface area contributed by atoms with Gasteiger partial charge < -0.3 is 14.2 Å². The molecule has 0 aromatic heterocycles. The van der Waals surface area contributed by atoms with Crippen molar-refractivity contribution in [2.75, 3.05) is 19.8 Å². The summed E-state index contributed by atoms with van der Waals surface area (Å²) < 4.78 is 16.6. The number of halogens is 1. The second-order valence-corrected chi connectivity index (χ2v) is 3.61. The van der Waals surface area contributed by atoms with Crippen molar-refractivity contribution in [3.05, 3.63) is 17.7 Å². The van der Waals surface area contributed by atoms with E-state index in [1.807, 2.05) is 32.9 Å². The molecule has 0 saturated heterocycles. The lowest BCUT2D eigenvalue weighted by Crippen LogP contribution is -2.02. The maximum Gasteiger partial charge on any atom is 0.164 e. The summed E-state index contributed by atoms with van der Waals surface area (Å²) in [7, 11) is 0.